The van der Waals surface area contributed by atoms with Gasteiger partial charge in [-0.25, -0.2) is 0 Å². The van der Waals surface area contributed by atoms with Gasteiger partial charge in [0.2, 0.25) is 0 Å². The smallest absolute Gasteiger partial charge is 0.154 e. The van der Waals surface area contributed by atoms with E-state index >= 15 is 0 Å². The molecule has 0 aromatic heterocycles. The van der Waals surface area contributed by atoms with Gasteiger partial charge in [-0.3, -0.25) is 10.9 Å². The number of rotatable bonds is 8. The molecule has 0 radical (unpaired) electrons. The summed E-state index contributed by atoms with van der Waals surface area (Å²) < 4.78 is 5.11. The number of aliphatic hydroxyl groups is 1. The van der Waals surface area contributed by atoms with Gasteiger partial charge < -0.3 is 9.84 Å². The number of aliphatic hydroxyl groups excluding tert-OH is 1. The SMILES string of the molecule is CO[C@H](O)CCC(C)C1CCC2C3CC(C)[C@@H]4CC(NNC(C)C)CCC4C3CC[C@]12C. The molecule has 4 heteroatoms. The van der Waals surface area contributed by atoms with Gasteiger partial charge in [0.1, 0.15) is 0 Å². The van der Waals surface area contributed by atoms with E-state index < -0.39 is 6.29 Å². The summed E-state index contributed by atoms with van der Waals surface area (Å²) in [5.41, 5.74) is 7.65. The molecule has 0 aliphatic heterocycles. The van der Waals surface area contributed by atoms with E-state index in [1.165, 1.54) is 51.4 Å². The van der Waals surface area contributed by atoms with Crippen molar-refractivity contribution in [2.75, 3.05) is 7.11 Å². The molecule has 186 valence electrons. The van der Waals surface area contributed by atoms with E-state index in [4.69, 9.17) is 4.74 Å². The summed E-state index contributed by atoms with van der Waals surface area (Å²) in [4.78, 5) is 0. The lowest BCUT2D eigenvalue weighted by atomic mass is 9.47. The maximum atomic E-state index is 9.89. The minimum absolute atomic E-state index is 0.507. The van der Waals surface area contributed by atoms with Crippen molar-refractivity contribution in [1.82, 2.24) is 10.9 Å². The van der Waals surface area contributed by atoms with Crippen molar-refractivity contribution in [1.29, 1.82) is 0 Å². The van der Waals surface area contributed by atoms with E-state index in [9.17, 15) is 5.11 Å². The molecule has 0 aromatic rings. The highest BCUT2D eigenvalue weighted by Crippen LogP contribution is 2.66. The highest BCUT2D eigenvalue weighted by molar-refractivity contribution is 5.07. The summed E-state index contributed by atoms with van der Waals surface area (Å²) in [5.74, 6) is 7.17. The summed E-state index contributed by atoms with van der Waals surface area (Å²) in [6.07, 6.45) is 12.7. The molecular formula is C28H52N2O2. The van der Waals surface area contributed by atoms with E-state index in [0.717, 1.165) is 54.3 Å². The molecule has 4 rings (SSSR count). The van der Waals surface area contributed by atoms with Gasteiger partial charge in [0.05, 0.1) is 0 Å². The molecule has 8 unspecified atom stereocenters. The molecule has 4 fully saturated rings. The van der Waals surface area contributed by atoms with E-state index in [1.807, 2.05) is 0 Å². The van der Waals surface area contributed by atoms with Crippen LogP contribution in [0.1, 0.15) is 98.8 Å². The molecule has 0 heterocycles. The van der Waals surface area contributed by atoms with Crippen molar-refractivity contribution in [3.63, 3.8) is 0 Å². The average molecular weight is 449 g/mol. The van der Waals surface area contributed by atoms with Crippen LogP contribution >= 0.6 is 0 Å². The lowest BCUT2D eigenvalue weighted by Gasteiger charge is -2.58. The van der Waals surface area contributed by atoms with Crippen LogP contribution in [0.5, 0.6) is 0 Å². The molecule has 0 amide bonds. The minimum Gasteiger partial charge on any atom is -0.368 e. The third kappa shape index (κ3) is 4.81. The van der Waals surface area contributed by atoms with Crippen molar-refractivity contribution in [3.05, 3.63) is 0 Å². The van der Waals surface area contributed by atoms with Crippen LogP contribution in [0.25, 0.3) is 0 Å². The third-order valence-electron chi connectivity index (χ3n) is 10.8. The van der Waals surface area contributed by atoms with Crippen LogP contribution in [0.2, 0.25) is 0 Å². The first-order valence-corrected chi connectivity index (χ1v) is 14.0. The predicted octanol–water partition coefficient (Wildman–Crippen LogP) is 5.75. The fourth-order valence-electron chi connectivity index (χ4n) is 9.32. The lowest BCUT2D eigenvalue weighted by molar-refractivity contribution is -0.0967. The monoisotopic (exact) mass is 448 g/mol. The Morgan fingerprint density at radius 2 is 1.69 bits per heavy atom. The van der Waals surface area contributed by atoms with E-state index in [1.54, 1.807) is 7.11 Å². The Morgan fingerprint density at radius 1 is 0.938 bits per heavy atom. The average Bonchev–Trinajstić information content (AvgIpc) is 3.13. The molecule has 0 aromatic carbocycles. The number of ether oxygens (including phenoxy) is 1. The maximum absolute atomic E-state index is 9.89. The van der Waals surface area contributed by atoms with Crippen LogP contribution in [-0.2, 0) is 4.74 Å². The Hall–Kier alpha value is -0.160. The van der Waals surface area contributed by atoms with Crippen molar-refractivity contribution >= 4 is 0 Å². The van der Waals surface area contributed by atoms with Gasteiger partial charge in [-0.05, 0) is 131 Å². The molecule has 0 saturated heterocycles. The zero-order chi connectivity index (χ0) is 23.0. The summed E-state index contributed by atoms with van der Waals surface area (Å²) in [7, 11) is 1.62. The largest absolute Gasteiger partial charge is 0.368 e. The van der Waals surface area contributed by atoms with Crippen molar-refractivity contribution in [2.24, 2.45) is 52.8 Å². The Balaban J connectivity index is 1.41. The van der Waals surface area contributed by atoms with Crippen molar-refractivity contribution in [3.8, 4) is 0 Å². The summed E-state index contributed by atoms with van der Waals surface area (Å²) >= 11 is 0. The summed E-state index contributed by atoms with van der Waals surface area (Å²) in [6.45, 7) is 12.1. The first kappa shape index (κ1) is 24.9. The quantitative estimate of drug-likeness (QED) is 0.327. The highest BCUT2D eigenvalue weighted by Gasteiger charge is 2.58. The third-order valence-corrected chi connectivity index (χ3v) is 10.8. The molecular weight excluding hydrogens is 396 g/mol. The fourth-order valence-corrected chi connectivity index (χ4v) is 9.32. The first-order valence-electron chi connectivity index (χ1n) is 14.0. The van der Waals surface area contributed by atoms with Gasteiger partial charge >= 0.3 is 0 Å². The molecule has 3 N–H and O–H groups in total. The second-order valence-corrected chi connectivity index (χ2v) is 12.9. The normalized spacial score (nSPS) is 45.8. The second-order valence-electron chi connectivity index (χ2n) is 12.9. The number of fused-ring (bicyclic) bond motifs is 5. The Labute approximate surface area is 198 Å². The number of methoxy groups -OCH3 is 1. The molecule has 4 nitrogen and oxygen atoms in total. The number of hydrogen-bond acceptors (Lipinski definition) is 4. The first-order chi connectivity index (χ1) is 15.2. The van der Waals surface area contributed by atoms with Crippen molar-refractivity contribution in [2.45, 2.75) is 117 Å². The fraction of sp³-hybridized carbons (Fsp3) is 1.00. The highest BCUT2D eigenvalue weighted by atomic mass is 16.6. The predicted molar refractivity (Wildman–Crippen MR) is 132 cm³/mol. The molecule has 4 saturated carbocycles. The van der Waals surface area contributed by atoms with Crippen molar-refractivity contribution < 1.29 is 9.84 Å². The van der Waals surface area contributed by atoms with Gasteiger partial charge in [0.15, 0.2) is 6.29 Å². The molecule has 4 aliphatic rings. The van der Waals surface area contributed by atoms with Crippen LogP contribution in [0.3, 0.4) is 0 Å². The van der Waals surface area contributed by atoms with Crippen LogP contribution in [0.4, 0.5) is 0 Å². The van der Waals surface area contributed by atoms with Crippen LogP contribution in [0, 0.1) is 52.8 Å². The van der Waals surface area contributed by atoms with Gasteiger partial charge in [-0.2, -0.15) is 0 Å². The standard InChI is InChI=1S/C28H52N2O2/c1-17(2)29-30-20-8-9-21-22-13-14-28(5)25(18(3)7-12-27(31)32-6)10-11-26(28)24(22)15-19(4)23(21)16-20/h17-27,29-31H,7-16H2,1-6H3/t18?,19?,20?,21?,22?,23-,24?,25?,26?,27-,28+/m0/s1. The molecule has 0 bridgehead atoms. The van der Waals surface area contributed by atoms with E-state index in [0.29, 0.717) is 23.4 Å². The number of nitrogens with one attached hydrogen (secondary N) is 2. The lowest BCUT2D eigenvalue weighted by Crippen LogP contribution is -2.54. The Morgan fingerprint density at radius 3 is 2.41 bits per heavy atom. The maximum Gasteiger partial charge on any atom is 0.154 e. The Kier molecular flexibility index (Phi) is 7.97. The van der Waals surface area contributed by atoms with E-state index in [2.05, 4.69) is 45.5 Å². The molecule has 4 aliphatic carbocycles. The van der Waals surface area contributed by atoms with Crippen LogP contribution in [-0.4, -0.2) is 30.6 Å². The van der Waals surface area contributed by atoms with Crippen LogP contribution < -0.4 is 10.9 Å². The molecule has 32 heavy (non-hydrogen) atoms. The Bertz CT molecular complexity index is 612. The number of hydrogen-bond donors (Lipinski definition) is 3. The van der Waals surface area contributed by atoms with Gasteiger partial charge in [0, 0.05) is 19.2 Å². The minimum atomic E-state index is -0.588. The van der Waals surface area contributed by atoms with Gasteiger partial charge in [0.25, 0.3) is 0 Å². The molecule has 11 atom stereocenters. The van der Waals surface area contributed by atoms with E-state index in [-0.39, 0.29) is 0 Å². The molecule has 0 spiro atoms. The van der Waals surface area contributed by atoms with Crippen LogP contribution in [0.15, 0.2) is 0 Å². The topological polar surface area (TPSA) is 53.5 Å². The van der Waals surface area contributed by atoms with Gasteiger partial charge in [-0.15, -0.1) is 0 Å². The number of hydrazine groups is 1. The second kappa shape index (κ2) is 10.2. The summed E-state index contributed by atoms with van der Waals surface area (Å²) in [6, 6.07) is 1.16. The zero-order valence-electron chi connectivity index (χ0n) is 21.8. The summed E-state index contributed by atoms with van der Waals surface area (Å²) in [5, 5.41) is 9.89. The van der Waals surface area contributed by atoms with Gasteiger partial charge in [-0.1, -0.05) is 20.8 Å². The zero-order valence-corrected chi connectivity index (χ0v) is 21.8.